The number of rotatable bonds is 10. The maximum Gasteiger partial charge on any atom is 0.314 e. The summed E-state index contributed by atoms with van der Waals surface area (Å²) < 4.78 is 5.72. The molecule has 0 aliphatic heterocycles. The zero-order valence-electron chi connectivity index (χ0n) is 22.4. The molecular formula is C31H32N4O4. The zero-order valence-corrected chi connectivity index (χ0v) is 22.4. The third-order valence-corrected chi connectivity index (χ3v) is 7.30. The van der Waals surface area contributed by atoms with Crippen LogP contribution in [0.15, 0.2) is 71.3 Å². The van der Waals surface area contributed by atoms with Gasteiger partial charge in [-0.3, -0.25) is 9.59 Å². The number of carbonyl (C=O) groups excluding carboxylic acids is 1. The largest absolute Gasteiger partial charge is 0.481 e. The molecule has 8 nitrogen and oxygen atoms in total. The first-order valence-electron chi connectivity index (χ1n) is 13.1. The average molecular weight is 525 g/mol. The number of likely N-dealkylation sites (N-methyl/N-ethyl adjacent to an activating group) is 1. The fraction of sp³-hybridized carbons (Fsp3) is 0.290. The predicted octanol–water partition coefficient (Wildman–Crippen LogP) is 4.71. The predicted molar refractivity (Wildman–Crippen MR) is 149 cm³/mol. The Balaban J connectivity index is 1.31. The molecule has 1 amide bonds. The van der Waals surface area contributed by atoms with Gasteiger partial charge in [-0.2, -0.15) is 0 Å². The smallest absolute Gasteiger partial charge is 0.314 e. The van der Waals surface area contributed by atoms with Gasteiger partial charge in [-0.25, -0.2) is 4.98 Å². The van der Waals surface area contributed by atoms with Crippen LogP contribution in [0.1, 0.15) is 45.8 Å². The number of aromatic nitrogens is 2. The maximum atomic E-state index is 12.5. The molecule has 2 aromatic heterocycles. The van der Waals surface area contributed by atoms with Crippen LogP contribution >= 0.6 is 0 Å². The Morgan fingerprint density at radius 2 is 1.62 bits per heavy atom. The Bertz CT molecular complexity index is 1490. The topological polar surface area (TPSA) is 109 Å². The van der Waals surface area contributed by atoms with E-state index >= 15 is 0 Å². The van der Waals surface area contributed by atoms with Crippen LogP contribution in [-0.4, -0.2) is 59.2 Å². The number of aryl methyl sites for hydroxylation is 1. The first-order chi connectivity index (χ1) is 18.8. The number of carboxylic acid groups (broad SMARTS) is 1. The number of amides is 1. The van der Waals surface area contributed by atoms with Crippen molar-refractivity contribution in [2.24, 2.45) is 0 Å². The van der Waals surface area contributed by atoms with Crippen LogP contribution < -0.4 is 5.32 Å². The number of hydrogen-bond donors (Lipinski definition) is 2. The van der Waals surface area contributed by atoms with Crippen molar-refractivity contribution in [3.05, 3.63) is 94.9 Å². The summed E-state index contributed by atoms with van der Waals surface area (Å²) in [5.41, 5.74) is 5.94. The lowest BCUT2D eigenvalue weighted by atomic mass is 9.93. The van der Waals surface area contributed by atoms with Crippen molar-refractivity contribution in [3.8, 4) is 22.5 Å². The van der Waals surface area contributed by atoms with Gasteiger partial charge in [0, 0.05) is 36.3 Å². The highest BCUT2D eigenvalue weighted by Crippen LogP contribution is 2.48. The maximum absolute atomic E-state index is 12.5. The van der Waals surface area contributed by atoms with Crippen molar-refractivity contribution in [2.75, 3.05) is 27.2 Å². The van der Waals surface area contributed by atoms with Gasteiger partial charge >= 0.3 is 5.97 Å². The average Bonchev–Trinajstić information content (AvgIpc) is 3.68. The summed E-state index contributed by atoms with van der Waals surface area (Å²) in [5.74, 6) is -0.267. The van der Waals surface area contributed by atoms with Crippen LogP contribution in [0.3, 0.4) is 0 Å². The van der Waals surface area contributed by atoms with E-state index in [1.165, 1.54) is 0 Å². The van der Waals surface area contributed by atoms with Crippen molar-refractivity contribution < 1.29 is 19.2 Å². The molecule has 5 rings (SSSR count). The molecule has 200 valence electrons. The molecule has 39 heavy (non-hydrogen) atoms. The van der Waals surface area contributed by atoms with E-state index in [0.717, 1.165) is 45.7 Å². The quantitative estimate of drug-likeness (QED) is 0.309. The fourth-order valence-electron chi connectivity index (χ4n) is 4.74. The molecule has 1 saturated carbocycles. The van der Waals surface area contributed by atoms with Crippen LogP contribution in [0.25, 0.3) is 22.5 Å². The monoisotopic (exact) mass is 524 g/mol. The number of nitrogens with one attached hydrogen (secondary N) is 1. The fourth-order valence-corrected chi connectivity index (χ4v) is 4.74. The van der Waals surface area contributed by atoms with Crippen molar-refractivity contribution >= 4 is 11.9 Å². The minimum Gasteiger partial charge on any atom is -0.481 e. The van der Waals surface area contributed by atoms with E-state index in [9.17, 15) is 14.7 Å². The molecule has 2 aromatic carbocycles. The molecule has 2 heterocycles. The van der Waals surface area contributed by atoms with E-state index in [1.807, 2.05) is 86.6 Å². The molecule has 0 saturated heterocycles. The Morgan fingerprint density at radius 1 is 0.974 bits per heavy atom. The summed E-state index contributed by atoms with van der Waals surface area (Å²) in [6, 6.07) is 21.3. The number of carbonyl (C=O) groups is 2. The van der Waals surface area contributed by atoms with E-state index in [1.54, 1.807) is 6.07 Å². The van der Waals surface area contributed by atoms with Crippen LogP contribution in [-0.2, 0) is 16.6 Å². The van der Waals surface area contributed by atoms with Gasteiger partial charge in [0.15, 0.2) is 5.76 Å². The van der Waals surface area contributed by atoms with Gasteiger partial charge in [-0.15, -0.1) is 0 Å². The van der Waals surface area contributed by atoms with Crippen LogP contribution in [0.4, 0.5) is 0 Å². The Labute approximate surface area is 227 Å². The summed E-state index contributed by atoms with van der Waals surface area (Å²) in [5, 5.41) is 16.7. The first kappa shape index (κ1) is 26.3. The molecule has 0 bridgehead atoms. The van der Waals surface area contributed by atoms with Crippen LogP contribution in [0.5, 0.6) is 0 Å². The van der Waals surface area contributed by atoms with Crippen LogP contribution in [0.2, 0.25) is 0 Å². The van der Waals surface area contributed by atoms with E-state index < -0.39 is 11.4 Å². The highest BCUT2D eigenvalue weighted by Gasteiger charge is 2.51. The molecule has 0 radical (unpaired) electrons. The lowest BCUT2D eigenvalue weighted by molar-refractivity contribution is -0.140. The number of aliphatic carboxylic acids is 1. The minimum absolute atomic E-state index is 0.195. The van der Waals surface area contributed by atoms with Crippen molar-refractivity contribution in [1.29, 1.82) is 0 Å². The molecule has 1 fully saturated rings. The highest BCUT2D eigenvalue weighted by molar-refractivity contribution is 5.92. The number of benzene rings is 2. The third kappa shape index (κ3) is 5.61. The zero-order chi connectivity index (χ0) is 27.6. The van der Waals surface area contributed by atoms with Gasteiger partial charge in [0.2, 0.25) is 0 Å². The van der Waals surface area contributed by atoms with Crippen molar-refractivity contribution in [3.63, 3.8) is 0 Å². The van der Waals surface area contributed by atoms with Gasteiger partial charge in [0.1, 0.15) is 5.69 Å². The lowest BCUT2D eigenvalue weighted by Gasteiger charge is -2.11. The number of pyridine rings is 1. The van der Waals surface area contributed by atoms with E-state index in [2.05, 4.69) is 15.5 Å². The highest BCUT2D eigenvalue weighted by atomic mass is 16.5. The molecule has 4 aromatic rings. The minimum atomic E-state index is -0.747. The van der Waals surface area contributed by atoms with Crippen molar-refractivity contribution in [1.82, 2.24) is 20.4 Å². The number of hydrogen-bond acceptors (Lipinski definition) is 6. The lowest BCUT2D eigenvalue weighted by Crippen LogP contribution is -2.31. The van der Waals surface area contributed by atoms with Gasteiger partial charge < -0.3 is 19.8 Å². The standard InChI is InChI=1S/C31H32N4O4/c1-20-26(19-25-5-4-6-27(33-25)29(36)32-17-18-35(2)3)28(39-34-20)23-9-7-21(8-10-23)22-11-13-24(14-12-22)31(15-16-31)30(37)38/h4-14H,15-19H2,1-3H3,(H,32,36)(H,37,38). The number of carboxylic acids is 1. The Morgan fingerprint density at radius 3 is 2.23 bits per heavy atom. The second-order valence-corrected chi connectivity index (χ2v) is 10.4. The summed E-state index contributed by atoms with van der Waals surface area (Å²) >= 11 is 0. The molecule has 1 aliphatic rings. The van der Waals surface area contributed by atoms with Crippen molar-refractivity contribution in [2.45, 2.75) is 31.6 Å². The summed E-state index contributed by atoms with van der Waals surface area (Å²) in [7, 11) is 3.92. The van der Waals surface area contributed by atoms with E-state index in [0.29, 0.717) is 37.3 Å². The molecule has 0 spiro atoms. The summed E-state index contributed by atoms with van der Waals surface area (Å²) in [6.45, 7) is 3.21. The molecule has 0 atom stereocenters. The van der Waals surface area contributed by atoms with Gasteiger partial charge in [0.25, 0.3) is 5.91 Å². The second kappa shape index (κ2) is 10.8. The van der Waals surface area contributed by atoms with Gasteiger partial charge in [0.05, 0.1) is 11.1 Å². The molecular weight excluding hydrogens is 492 g/mol. The van der Waals surface area contributed by atoms with E-state index in [-0.39, 0.29) is 5.91 Å². The SMILES string of the molecule is Cc1noc(-c2ccc(-c3ccc(C4(C(=O)O)CC4)cc3)cc2)c1Cc1cccc(C(=O)NCCN(C)C)n1. The first-order valence-corrected chi connectivity index (χ1v) is 13.1. The molecule has 1 aliphatic carbocycles. The molecule has 0 unspecified atom stereocenters. The Hall–Kier alpha value is -4.30. The van der Waals surface area contributed by atoms with Gasteiger partial charge in [-0.1, -0.05) is 59.8 Å². The molecule has 2 N–H and O–H groups in total. The van der Waals surface area contributed by atoms with E-state index in [4.69, 9.17) is 4.52 Å². The Kier molecular flexibility index (Phi) is 7.30. The van der Waals surface area contributed by atoms with Gasteiger partial charge in [-0.05, 0) is 62.7 Å². The summed E-state index contributed by atoms with van der Waals surface area (Å²) in [6.07, 6.45) is 1.87. The third-order valence-electron chi connectivity index (χ3n) is 7.30. The molecule has 8 heteroatoms. The normalized spacial score (nSPS) is 13.8. The summed E-state index contributed by atoms with van der Waals surface area (Å²) in [4.78, 5) is 30.8. The second-order valence-electron chi connectivity index (χ2n) is 10.4. The number of nitrogens with zero attached hydrogens (tertiary/aromatic N) is 3. The van der Waals surface area contributed by atoms with Crippen LogP contribution in [0, 0.1) is 6.92 Å².